The number of hydrogen-bond donors (Lipinski definition) is 0. The van der Waals surface area contributed by atoms with Gasteiger partial charge in [0.2, 0.25) is 0 Å². The van der Waals surface area contributed by atoms with E-state index in [1.807, 2.05) is 67.6 Å². The van der Waals surface area contributed by atoms with Crippen LogP contribution in [0, 0.1) is 11.8 Å². The van der Waals surface area contributed by atoms with Gasteiger partial charge in [0.25, 0.3) is 10.2 Å². The largest absolute Gasteiger partial charge is 0.468 e. The highest BCUT2D eigenvalue weighted by Crippen LogP contribution is 2.29. The highest BCUT2D eigenvalue weighted by atomic mass is 32.2. The Morgan fingerprint density at radius 3 is 2.07 bits per heavy atom. The van der Waals surface area contributed by atoms with Gasteiger partial charge in [0.05, 0.1) is 7.11 Å². The summed E-state index contributed by atoms with van der Waals surface area (Å²) >= 11 is 0. The summed E-state index contributed by atoms with van der Waals surface area (Å²) in [6.07, 6.45) is 0.271. The summed E-state index contributed by atoms with van der Waals surface area (Å²) in [5.74, 6) is -0.282. The van der Waals surface area contributed by atoms with Crippen LogP contribution in [-0.2, 0) is 32.7 Å². The van der Waals surface area contributed by atoms with E-state index in [2.05, 4.69) is 6.92 Å². The molecule has 1 aliphatic heterocycles. The fourth-order valence-electron chi connectivity index (χ4n) is 3.80. The molecular formula is C23H30N2O4S. The molecule has 3 atom stereocenters. The third-order valence-corrected chi connectivity index (χ3v) is 7.78. The van der Waals surface area contributed by atoms with Crippen molar-refractivity contribution in [2.75, 3.05) is 20.2 Å². The maximum absolute atomic E-state index is 13.7. The topological polar surface area (TPSA) is 66.9 Å². The molecule has 1 aliphatic rings. The van der Waals surface area contributed by atoms with Gasteiger partial charge in [0.1, 0.15) is 6.04 Å². The Morgan fingerprint density at radius 2 is 1.50 bits per heavy atom. The second-order valence-corrected chi connectivity index (χ2v) is 9.92. The Bertz CT molecular complexity index is 934. The molecule has 2 aromatic rings. The molecule has 1 heterocycles. The Morgan fingerprint density at radius 1 is 0.967 bits per heavy atom. The van der Waals surface area contributed by atoms with Crippen molar-refractivity contribution in [1.82, 2.24) is 8.61 Å². The van der Waals surface area contributed by atoms with Crippen LogP contribution in [-0.4, -0.2) is 49.2 Å². The normalized spacial score (nSPS) is 23.4. The minimum Gasteiger partial charge on any atom is -0.468 e. The van der Waals surface area contributed by atoms with Crippen LogP contribution < -0.4 is 0 Å². The van der Waals surface area contributed by atoms with Crippen LogP contribution in [0.1, 0.15) is 25.0 Å². The van der Waals surface area contributed by atoms with Gasteiger partial charge in [-0.2, -0.15) is 17.0 Å². The summed E-state index contributed by atoms with van der Waals surface area (Å²) in [6.45, 7) is 5.06. The average Bonchev–Trinajstić information content (AvgIpc) is 2.83. The van der Waals surface area contributed by atoms with Crippen molar-refractivity contribution in [2.24, 2.45) is 11.8 Å². The number of esters is 1. The first-order chi connectivity index (χ1) is 14.3. The summed E-state index contributed by atoms with van der Waals surface area (Å²) in [5, 5.41) is 0. The van der Waals surface area contributed by atoms with Crippen LogP contribution in [0.2, 0.25) is 0 Å². The SMILES string of the molecule is COC(=O)C(Cc1ccccc1)N1CC(C)C(C)CN(Cc2ccccc2)S1(=O)=O. The molecule has 0 spiro atoms. The summed E-state index contributed by atoms with van der Waals surface area (Å²) < 4.78 is 35.3. The van der Waals surface area contributed by atoms with E-state index in [0.29, 0.717) is 6.54 Å². The van der Waals surface area contributed by atoms with E-state index in [1.54, 1.807) is 0 Å². The molecule has 1 fully saturated rings. The third kappa shape index (κ3) is 5.09. The number of carbonyl (C=O) groups excluding carboxylic acids is 1. The summed E-state index contributed by atoms with van der Waals surface area (Å²) in [7, 11) is -2.57. The molecule has 0 amide bonds. The maximum atomic E-state index is 13.7. The van der Waals surface area contributed by atoms with Crippen LogP contribution in [0.25, 0.3) is 0 Å². The quantitative estimate of drug-likeness (QED) is 0.661. The summed E-state index contributed by atoms with van der Waals surface area (Å²) in [5.41, 5.74) is 1.81. The minimum atomic E-state index is -3.87. The van der Waals surface area contributed by atoms with E-state index in [0.717, 1.165) is 11.1 Å². The van der Waals surface area contributed by atoms with Crippen LogP contribution in [0.5, 0.6) is 0 Å². The standard InChI is InChI=1S/C23H30N2O4S/c1-18-15-24(17-21-12-8-5-9-13-21)30(27,28)25(16-19(18)2)22(23(26)29-3)14-20-10-6-4-7-11-20/h4-13,18-19,22H,14-17H2,1-3H3. The molecular weight excluding hydrogens is 400 g/mol. The molecule has 2 aromatic carbocycles. The van der Waals surface area contributed by atoms with Crippen LogP contribution in [0.4, 0.5) is 0 Å². The number of hydrogen-bond acceptors (Lipinski definition) is 4. The maximum Gasteiger partial charge on any atom is 0.324 e. The molecule has 3 unspecified atom stereocenters. The molecule has 1 saturated heterocycles. The number of nitrogens with zero attached hydrogens (tertiary/aromatic N) is 2. The zero-order valence-corrected chi connectivity index (χ0v) is 18.6. The third-order valence-electron chi connectivity index (χ3n) is 5.85. The average molecular weight is 431 g/mol. The first kappa shape index (κ1) is 22.5. The Balaban J connectivity index is 1.98. The number of carbonyl (C=O) groups is 1. The Hall–Kier alpha value is -2.22. The van der Waals surface area contributed by atoms with Gasteiger partial charge in [-0.15, -0.1) is 0 Å². The number of benzene rings is 2. The highest BCUT2D eigenvalue weighted by Gasteiger charge is 2.43. The Kier molecular flexibility index (Phi) is 7.28. The van der Waals surface area contributed by atoms with Crippen LogP contribution in [0.15, 0.2) is 60.7 Å². The zero-order chi connectivity index (χ0) is 21.7. The van der Waals surface area contributed by atoms with E-state index < -0.39 is 22.2 Å². The van der Waals surface area contributed by atoms with Crippen molar-refractivity contribution in [3.63, 3.8) is 0 Å². The second kappa shape index (κ2) is 9.73. The van der Waals surface area contributed by atoms with E-state index in [9.17, 15) is 13.2 Å². The van der Waals surface area contributed by atoms with Crippen molar-refractivity contribution in [1.29, 1.82) is 0 Å². The second-order valence-electron chi connectivity index (χ2n) is 8.04. The summed E-state index contributed by atoms with van der Waals surface area (Å²) in [4.78, 5) is 12.7. The van der Waals surface area contributed by atoms with Gasteiger partial charge in [-0.05, 0) is 29.4 Å². The van der Waals surface area contributed by atoms with Crippen molar-refractivity contribution < 1.29 is 17.9 Å². The van der Waals surface area contributed by atoms with Crippen molar-refractivity contribution in [3.05, 3.63) is 71.8 Å². The number of methoxy groups -OCH3 is 1. The van der Waals surface area contributed by atoms with Gasteiger partial charge in [-0.1, -0.05) is 74.5 Å². The predicted octanol–water partition coefficient (Wildman–Crippen LogP) is 3.11. The predicted molar refractivity (Wildman–Crippen MR) is 117 cm³/mol. The summed E-state index contributed by atoms with van der Waals surface area (Å²) in [6, 6.07) is 18.1. The first-order valence-electron chi connectivity index (χ1n) is 10.3. The highest BCUT2D eigenvalue weighted by molar-refractivity contribution is 7.86. The van der Waals surface area contributed by atoms with Crippen molar-refractivity contribution in [3.8, 4) is 0 Å². The lowest BCUT2D eigenvalue weighted by Gasteiger charge is -2.32. The van der Waals surface area contributed by atoms with Crippen molar-refractivity contribution >= 4 is 16.2 Å². The Labute approximate surface area is 179 Å². The van der Waals surface area contributed by atoms with E-state index >= 15 is 0 Å². The monoisotopic (exact) mass is 430 g/mol. The fraction of sp³-hybridized carbons (Fsp3) is 0.435. The minimum absolute atomic E-state index is 0.100. The molecule has 0 aliphatic carbocycles. The van der Waals surface area contributed by atoms with Crippen LogP contribution >= 0.6 is 0 Å². The zero-order valence-electron chi connectivity index (χ0n) is 17.8. The smallest absolute Gasteiger partial charge is 0.324 e. The van der Waals surface area contributed by atoms with E-state index in [-0.39, 0.29) is 31.3 Å². The fourth-order valence-corrected chi connectivity index (χ4v) is 5.74. The molecule has 30 heavy (non-hydrogen) atoms. The molecule has 0 bridgehead atoms. The molecule has 7 heteroatoms. The van der Waals surface area contributed by atoms with E-state index in [1.165, 1.54) is 15.7 Å². The lowest BCUT2D eigenvalue weighted by Crippen LogP contribution is -2.52. The van der Waals surface area contributed by atoms with Gasteiger partial charge in [0, 0.05) is 19.6 Å². The first-order valence-corrected chi connectivity index (χ1v) is 11.6. The van der Waals surface area contributed by atoms with Crippen LogP contribution in [0.3, 0.4) is 0 Å². The molecule has 0 saturated carbocycles. The van der Waals surface area contributed by atoms with Crippen molar-refractivity contribution in [2.45, 2.75) is 32.9 Å². The van der Waals surface area contributed by atoms with Gasteiger partial charge < -0.3 is 4.74 Å². The number of ether oxygens (including phenoxy) is 1. The molecule has 6 nitrogen and oxygen atoms in total. The van der Waals surface area contributed by atoms with E-state index in [4.69, 9.17) is 4.74 Å². The van der Waals surface area contributed by atoms with Gasteiger partial charge in [-0.25, -0.2) is 0 Å². The molecule has 3 rings (SSSR count). The molecule has 162 valence electrons. The van der Waals surface area contributed by atoms with Gasteiger partial charge in [0.15, 0.2) is 0 Å². The lowest BCUT2D eigenvalue weighted by molar-refractivity contribution is -0.145. The molecule has 0 N–H and O–H groups in total. The van der Waals surface area contributed by atoms with Gasteiger partial charge in [-0.3, -0.25) is 4.79 Å². The molecule has 0 aromatic heterocycles. The van der Waals surface area contributed by atoms with Gasteiger partial charge >= 0.3 is 5.97 Å². The number of rotatable bonds is 6. The molecule has 0 radical (unpaired) electrons. The lowest BCUT2D eigenvalue weighted by atomic mass is 9.95.